The molecule has 0 radical (unpaired) electrons. The van der Waals surface area contributed by atoms with Crippen molar-refractivity contribution in [2.24, 2.45) is 11.8 Å². The highest BCUT2D eigenvalue weighted by Gasteiger charge is 2.39. The van der Waals surface area contributed by atoms with E-state index in [9.17, 15) is 9.59 Å². The molecule has 1 aliphatic rings. The number of benzene rings is 1. The predicted octanol–water partition coefficient (Wildman–Crippen LogP) is 1.55. The first-order valence-corrected chi connectivity index (χ1v) is 6.64. The first-order valence-electron chi connectivity index (χ1n) is 6.64. The summed E-state index contributed by atoms with van der Waals surface area (Å²) in [5, 5.41) is 9.13. The average molecular weight is 277 g/mol. The lowest BCUT2D eigenvalue weighted by Crippen LogP contribution is -2.34. The van der Waals surface area contributed by atoms with E-state index in [4.69, 9.17) is 9.84 Å². The fourth-order valence-electron chi connectivity index (χ4n) is 2.64. The van der Waals surface area contributed by atoms with Gasteiger partial charge >= 0.3 is 5.97 Å². The van der Waals surface area contributed by atoms with Crippen LogP contribution in [0.1, 0.15) is 18.6 Å². The average Bonchev–Trinajstić information content (AvgIpc) is 2.83. The summed E-state index contributed by atoms with van der Waals surface area (Å²) in [5.74, 6) is -1.55. The van der Waals surface area contributed by atoms with Gasteiger partial charge in [-0.25, -0.2) is 0 Å². The van der Waals surface area contributed by atoms with E-state index in [2.05, 4.69) is 0 Å². The number of ether oxygens (including phenoxy) is 1. The van der Waals surface area contributed by atoms with E-state index in [1.807, 2.05) is 37.3 Å². The van der Waals surface area contributed by atoms with Crippen LogP contribution < -0.4 is 0 Å². The molecule has 0 aliphatic carbocycles. The summed E-state index contributed by atoms with van der Waals surface area (Å²) in [6.45, 7) is 2.57. The highest BCUT2D eigenvalue weighted by atomic mass is 16.5. The zero-order chi connectivity index (χ0) is 14.7. The summed E-state index contributed by atoms with van der Waals surface area (Å²) in [5.41, 5.74) is 0.784. The molecule has 1 N–H and O–H groups in total. The van der Waals surface area contributed by atoms with Crippen LogP contribution in [-0.4, -0.2) is 42.1 Å². The zero-order valence-electron chi connectivity index (χ0n) is 11.7. The second-order valence-corrected chi connectivity index (χ2v) is 5.19. The molecule has 1 saturated heterocycles. The fourth-order valence-corrected chi connectivity index (χ4v) is 2.64. The van der Waals surface area contributed by atoms with Gasteiger partial charge in [-0.1, -0.05) is 37.3 Å². The second kappa shape index (κ2) is 6.05. The molecular weight excluding hydrogens is 258 g/mol. The Kier molecular flexibility index (Phi) is 4.39. The number of hydrogen-bond donors (Lipinski definition) is 1. The minimum absolute atomic E-state index is 0.0373. The lowest BCUT2D eigenvalue weighted by atomic mass is 9.99. The van der Waals surface area contributed by atoms with Gasteiger partial charge in [0.25, 0.3) is 5.91 Å². The van der Waals surface area contributed by atoms with Gasteiger partial charge in [-0.2, -0.15) is 0 Å². The molecule has 1 aromatic rings. The first kappa shape index (κ1) is 14.5. The van der Waals surface area contributed by atoms with Crippen LogP contribution >= 0.6 is 0 Å². The van der Waals surface area contributed by atoms with Crippen molar-refractivity contribution < 1.29 is 19.4 Å². The molecule has 1 aromatic carbocycles. The third kappa shape index (κ3) is 2.82. The van der Waals surface area contributed by atoms with Crippen LogP contribution in [0, 0.1) is 11.8 Å². The normalized spacial score (nSPS) is 23.6. The van der Waals surface area contributed by atoms with Gasteiger partial charge in [-0.05, 0) is 11.5 Å². The fraction of sp³-hybridized carbons (Fsp3) is 0.467. The largest absolute Gasteiger partial charge is 0.481 e. The quantitative estimate of drug-likeness (QED) is 0.906. The lowest BCUT2D eigenvalue weighted by molar-refractivity contribution is -0.143. The van der Waals surface area contributed by atoms with Crippen LogP contribution in [0.3, 0.4) is 0 Å². The Morgan fingerprint density at radius 1 is 1.30 bits per heavy atom. The van der Waals surface area contributed by atoms with Crippen LogP contribution in [-0.2, 0) is 14.3 Å². The minimum Gasteiger partial charge on any atom is -0.481 e. The van der Waals surface area contributed by atoms with Gasteiger partial charge in [0.2, 0.25) is 0 Å². The summed E-state index contributed by atoms with van der Waals surface area (Å²) < 4.78 is 5.30. The molecule has 0 unspecified atom stereocenters. The number of rotatable bonds is 4. The Labute approximate surface area is 118 Å². The maximum atomic E-state index is 12.5. The third-order valence-corrected chi connectivity index (χ3v) is 3.80. The number of carboxylic acid groups (broad SMARTS) is 1. The highest BCUT2D eigenvalue weighted by molar-refractivity contribution is 5.83. The molecule has 1 amide bonds. The minimum atomic E-state index is -0.846. The molecule has 0 bridgehead atoms. The zero-order valence-corrected chi connectivity index (χ0v) is 11.7. The maximum Gasteiger partial charge on any atom is 0.308 e. The number of aliphatic carboxylic acids is 1. The van der Waals surface area contributed by atoms with Crippen molar-refractivity contribution in [3.8, 4) is 0 Å². The van der Waals surface area contributed by atoms with Crippen molar-refractivity contribution in [1.82, 2.24) is 4.90 Å². The van der Waals surface area contributed by atoms with E-state index in [-0.39, 0.29) is 18.4 Å². The molecule has 3 atom stereocenters. The molecule has 1 aliphatic heterocycles. The monoisotopic (exact) mass is 277 g/mol. The third-order valence-electron chi connectivity index (χ3n) is 3.80. The van der Waals surface area contributed by atoms with Gasteiger partial charge in [0, 0.05) is 20.2 Å². The molecule has 1 heterocycles. The molecular formula is C15H19NO4. The van der Waals surface area contributed by atoms with Gasteiger partial charge < -0.3 is 14.7 Å². The van der Waals surface area contributed by atoms with Crippen molar-refractivity contribution in [3.05, 3.63) is 35.9 Å². The summed E-state index contributed by atoms with van der Waals surface area (Å²) >= 11 is 0. The number of carbonyl (C=O) groups is 2. The number of methoxy groups -OCH3 is 1. The predicted molar refractivity (Wildman–Crippen MR) is 73.1 cm³/mol. The number of amides is 1. The van der Waals surface area contributed by atoms with Gasteiger partial charge in [0.1, 0.15) is 0 Å². The smallest absolute Gasteiger partial charge is 0.308 e. The van der Waals surface area contributed by atoms with Gasteiger partial charge in [0.15, 0.2) is 6.10 Å². The highest BCUT2D eigenvalue weighted by Crippen LogP contribution is 2.27. The van der Waals surface area contributed by atoms with Crippen LogP contribution in [0.15, 0.2) is 30.3 Å². The Morgan fingerprint density at radius 3 is 2.45 bits per heavy atom. The maximum absolute atomic E-state index is 12.5. The van der Waals surface area contributed by atoms with Crippen molar-refractivity contribution in [2.45, 2.75) is 13.0 Å². The Hall–Kier alpha value is -1.88. The molecule has 1 fully saturated rings. The van der Waals surface area contributed by atoms with Crippen molar-refractivity contribution in [2.75, 3.05) is 20.2 Å². The van der Waals surface area contributed by atoms with E-state index >= 15 is 0 Å². The molecule has 2 rings (SSSR count). The van der Waals surface area contributed by atoms with Crippen LogP contribution in [0.25, 0.3) is 0 Å². The second-order valence-electron chi connectivity index (χ2n) is 5.19. The van der Waals surface area contributed by atoms with Crippen LogP contribution in [0.5, 0.6) is 0 Å². The molecule has 5 heteroatoms. The number of hydrogen-bond acceptors (Lipinski definition) is 3. The number of nitrogens with zero attached hydrogens (tertiary/aromatic N) is 1. The van der Waals surface area contributed by atoms with Gasteiger partial charge in [-0.15, -0.1) is 0 Å². The summed E-state index contributed by atoms with van der Waals surface area (Å²) in [6.07, 6.45) is -0.670. The van der Waals surface area contributed by atoms with E-state index < -0.39 is 18.0 Å². The Bertz CT molecular complexity index is 488. The van der Waals surface area contributed by atoms with Crippen molar-refractivity contribution in [3.63, 3.8) is 0 Å². The number of carboxylic acids is 1. The van der Waals surface area contributed by atoms with Gasteiger partial charge in [-0.3, -0.25) is 9.59 Å². The summed E-state index contributed by atoms with van der Waals surface area (Å²) in [7, 11) is 1.49. The molecule has 108 valence electrons. The number of carbonyl (C=O) groups excluding carboxylic acids is 1. The Morgan fingerprint density at radius 2 is 1.95 bits per heavy atom. The van der Waals surface area contributed by atoms with Crippen molar-refractivity contribution in [1.29, 1.82) is 0 Å². The van der Waals surface area contributed by atoms with Crippen LogP contribution in [0.2, 0.25) is 0 Å². The molecule has 5 nitrogen and oxygen atoms in total. The Balaban J connectivity index is 2.13. The van der Waals surface area contributed by atoms with Gasteiger partial charge in [0.05, 0.1) is 5.92 Å². The van der Waals surface area contributed by atoms with E-state index in [1.165, 1.54) is 7.11 Å². The summed E-state index contributed by atoms with van der Waals surface area (Å²) in [6, 6.07) is 9.24. The standard InChI is InChI=1S/C15H19NO4/c1-10-8-16(9-12(10)15(18)19)14(17)13(20-2)11-6-4-3-5-7-11/h3-7,10,12-13H,8-9H2,1-2H3,(H,18,19)/t10-,12-,13-/m1/s1. The first-order chi connectivity index (χ1) is 9.54. The van der Waals surface area contributed by atoms with E-state index in [1.54, 1.807) is 4.90 Å². The molecule has 0 spiro atoms. The lowest BCUT2D eigenvalue weighted by Gasteiger charge is -2.22. The van der Waals surface area contributed by atoms with E-state index in [0.717, 1.165) is 5.56 Å². The molecule has 0 saturated carbocycles. The van der Waals surface area contributed by atoms with E-state index in [0.29, 0.717) is 6.54 Å². The van der Waals surface area contributed by atoms with Crippen LogP contribution in [0.4, 0.5) is 0 Å². The molecule has 0 aromatic heterocycles. The molecule has 20 heavy (non-hydrogen) atoms. The topological polar surface area (TPSA) is 66.8 Å². The number of likely N-dealkylation sites (tertiary alicyclic amines) is 1. The SMILES string of the molecule is CO[C@@H](C(=O)N1C[C@@H](C)[C@H](C(=O)O)C1)c1ccccc1. The van der Waals surface area contributed by atoms with Crippen molar-refractivity contribution >= 4 is 11.9 Å². The summed E-state index contributed by atoms with van der Waals surface area (Å²) in [4.78, 5) is 25.2.